The van der Waals surface area contributed by atoms with Crippen LogP contribution in [-0.4, -0.2) is 0 Å². The van der Waals surface area contributed by atoms with Gasteiger partial charge < -0.3 is 9.32 Å². The van der Waals surface area contributed by atoms with E-state index in [9.17, 15) is 0 Å². The van der Waals surface area contributed by atoms with Crippen LogP contribution in [0.5, 0.6) is 0 Å². The Morgan fingerprint density at radius 2 is 1.06 bits per heavy atom. The highest BCUT2D eigenvalue weighted by Gasteiger charge is 2.42. The minimum absolute atomic E-state index is 0.368. The Balaban J connectivity index is 1.07. The number of hydrogen-bond acceptors (Lipinski definition) is 3. The summed E-state index contributed by atoms with van der Waals surface area (Å²) in [6, 6.07) is 66.0. The highest BCUT2D eigenvalue weighted by Crippen LogP contribution is 2.55. The van der Waals surface area contributed by atoms with Gasteiger partial charge in [-0.1, -0.05) is 133 Å². The molecule has 0 fully saturated rings. The first-order valence-corrected chi connectivity index (χ1v) is 19.0. The van der Waals surface area contributed by atoms with Gasteiger partial charge in [0.15, 0.2) is 0 Å². The summed E-state index contributed by atoms with van der Waals surface area (Å²) in [6.45, 7) is 2.36. The molecular formula is C50H33NOS. The first-order valence-electron chi connectivity index (χ1n) is 18.2. The van der Waals surface area contributed by atoms with Crippen molar-refractivity contribution in [3.8, 4) is 22.3 Å². The smallest absolute Gasteiger partial charge is 0.140 e. The van der Waals surface area contributed by atoms with Crippen LogP contribution in [0.1, 0.15) is 23.6 Å². The van der Waals surface area contributed by atoms with E-state index in [1.807, 2.05) is 11.3 Å². The fraction of sp³-hybridized carbons (Fsp3) is 0.0400. The Bertz CT molecular complexity index is 2980. The van der Waals surface area contributed by atoms with E-state index in [2.05, 4.69) is 194 Å². The van der Waals surface area contributed by atoms with Gasteiger partial charge in [-0.15, -0.1) is 11.3 Å². The summed E-state index contributed by atoms with van der Waals surface area (Å²) in [5.74, 6) is 0. The fourth-order valence-corrected chi connectivity index (χ4v) is 10.0. The lowest BCUT2D eigenvalue weighted by Gasteiger charge is -2.29. The topological polar surface area (TPSA) is 16.4 Å². The van der Waals surface area contributed by atoms with Gasteiger partial charge in [-0.2, -0.15) is 0 Å². The van der Waals surface area contributed by atoms with Gasteiger partial charge in [-0.3, -0.25) is 0 Å². The highest BCUT2D eigenvalue weighted by molar-refractivity contribution is 7.25. The second-order valence-corrected chi connectivity index (χ2v) is 15.3. The molecule has 0 aliphatic heterocycles. The molecule has 11 rings (SSSR count). The molecule has 3 heteroatoms. The zero-order chi connectivity index (χ0) is 35.1. The summed E-state index contributed by atoms with van der Waals surface area (Å²) >= 11 is 1.85. The number of benzene rings is 8. The number of para-hydroxylation sites is 2. The van der Waals surface area contributed by atoms with E-state index in [1.54, 1.807) is 0 Å². The highest BCUT2D eigenvalue weighted by atomic mass is 32.1. The van der Waals surface area contributed by atoms with Crippen LogP contribution in [0.2, 0.25) is 0 Å². The molecule has 8 aromatic carbocycles. The van der Waals surface area contributed by atoms with Crippen LogP contribution < -0.4 is 4.90 Å². The maximum Gasteiger partial charge on any atom is 0.140 e. The lowest BCUT2D eigenvalue weighted by molar-refractivity contribution is 0.638. The van der Waals surface area contributed by atoms with E-state index in [4.69, 9.17) is 4.42 Å². The van der Waals surface area contributed by atoms with Crippen LogP contribution in [-0.2, 0) is 5.41 Å². The molecule has 2 aromatic heterocycles. The molecular weight excluding hydrogens is 663 g/mol. The van der Waals surface area contributed by atoms with Crippen molar-refractivity contribution in [2.24, 2.45) is 0 Å². The molecule has 0 unspecified atom stereocenters. The molecule has 0 atom stereocenters. The zero-order valence-corrected chi connectivity index (χ0v) is 29.9. The van der Waals surface area contributed by atoms with Crippen molar-refractivity contribution >= 4 is 70.5 Å². The number of hydrogen-bond donors (Lipinski definition) is 0. The molecule has 0 amide bonds. The summed E-state index contributed by atoms with van der Waals surface area (Å²) in [5.41, 5.74) is 13.6. The molecule has 53 heavy (non-hydrogen) atoms. The SMILES string of the molecule is CC1(c2ccc(-c3ccc(N(c4ccccc4)c4ccc5c(c4)sc4ccccc45)cc3)c3c2oc2ccccc23)c2ccccc2-c2ccccc21. The molecule has 10 aromatic rings. The van der Waals surface area contributed by atoms with E-state index in [-0.39, 0.29) is 5.41 Å². The Hall–Kier alpha value is -6.42. The van der Waals surface area contributed by atoms with Gasteiger partial charge in [0.1, 0.15) is 11.2 Å². The third-order valence-corrected chi connectivity index (χ3v) is 12.5. The van der Waals surface area contributed by atoms with Crippen molar-refractivity contribution in [2.45, 2.75) is 12.3 Å². The Morgan fingerprint density at radius 3 is 1.83 bits per heavy atom. The molecule has 250 valence electrons. The van der Waals surface area contributed by atoms with E-state index in [0.29, 0.717) is 0 Å². The Kier molecular flexibility index (Phi) is 6.58. The molecule has 0 bridgehead atoms. The van der Waals surface area contributed by atoms with Gasteiger partial charge in [-0.25, -0.2) is 0 Å². The lowest BCUT2D eigenvalue weighted by Crippen LogP contribution is -2.22. The molecule has 0 N–H and O–H groups in total. The normalized spacial score (nSPS) is 13.2. The molecule has 2 nitrogen and oxygen atoms in total. The number of anilines is 3. The van der Waals surface area contributed by atoms with Crippen LogP contribution in [0.4, 0.5) is 17.1 Å². The first-order chi connectivity index (χ1) is 26.2. The minimum atomic E-state index is -0.368. The van der Waals surface area contributed by atoms with Crippen LogP contribution in [0.3, 0.4) is 0 Å². The van der Waals surface area contributed by atoms with E-state index < -0.39 is 0 Å². The van der Waals surface area contributed by atoms with E-state index in [0.717, 1.165) is 44.6 Å². The summed E-state index contributed by atoms with van der Waals surface area (Å²) in [5, 5.41) is 4.91. The number of nitrogens with zero attached hydrogens (tertiary/aromatic N) is 1. The number of rotatable bonds is 5. The average Bonchev–Trinajstić information content (AvgIpc) is 3.87. The predicted molar refractivity (Wildman–Crippen MR) is 224 cm³/mol. The van der Waals surface area contributed by atoms with Crippen LogP contribution in [0.25, 0.3) is 64.4 Å². The third kappa shape index (κ3) is 4.44. The Labute approximate surface area is 311 Å². The second kappa shape index (κ2) is 11.5. The maximum absolute atomic E-state index is 6.88. The van der Waals surface area contributed by atoms with Gasteiger partial charge in [-0.05, 0) is 88.8 Å². The maximum atomic E-state index is 6.88. The number of fused-ring (bicyclic) bond motifs is 9. The third-order valence-electron chi connectivity index (χ3n) is 11.4. The van der Waals surface area contributed by atoms with E-state index >= 15 is 0 Å². The quantitative estimate of drug-likeness (QED) is 0.178. The fourth-order valence-electron chi connectivity index (χ4n) is 8.87. The van der Waals surface area contributed by atoms with Crippen molar-refractivity contribution in [3.63, 3.8) is 0 Å². The zero-order valence-electron chi connectivity index (χ0n) is 29.1. The van der Waals surface area contributed by atoms with Crippen molar-refractivity contribution in [2.75, 3.05) is 4.90 Å². The number of furan rings is 1. The largest absolute Gasteiger partial charge is 0.456 e. The molecule has 1 aliphatic carbocycles. The summed E-state index contributed by atoms with van der Waals surface area (Å²) in [6.07, 6.45) is 0. The van der Waals surface area contributed by atoms with Crippen molar-refractivity contribution in [1.82, 2.24) is 0 Å². The Morgan fingerprint density at radius 1 is 0.453 bits per heavy atom. The first kappa shape index (κ1) is 30.2. The predicted octanol–water partition coefficient (Wildman–Crippen LogP) is 14.4. The van der Waals surface area contributed by atoms with E-state index in [1.165, 1.54) is 53.6 Å². The lowest BCUT2D eigenvalue weighted by atomic mass is 9.73. The van der Waals surface area contributed by atoms with Crippen molar-refractivity contribution in [1.29, 1.82) is 0 Å². The van der Waals surface area contributed by atoms with Gasteiger partial charge in [0.05, 0.1) is 0 Å². The molecule has 0 spiro atoms. The van der Waals surface area contributed by atoms with Crippen molar-refractivity contribution in [3.05, 3.63) is 199 Å². The molecule has 1 aliphatic rings. The summed E-state index contributed by atoms with van der Waals surface area (Å²) < 4.78 is 9.48. The molecule has 0 saturated carbocycles. The van der Waals surface area contributed by atoms with Crippen LogP contribution >= 0.6 is 11.3 Å². The molecule has 0 saturated heterocycles. The molecule has 2 heterocycles. The van der Waals surface area contributed by atoms with Crippen molar-refractivity contribution < 1.29 is 4.42 Å². The van der Waals surface area contributed by atoms with Crippen LogP contribution in [0.15, 0.2) is 186 Å². The average molecular weight is 696 g/mol. The molecule has 0 radical (unpaired) electrons. The summed E-state index contributed by atoms with van der Waals surface area (Å²) in [4.78, 5) is 2.36. The second-order valence-electron chi connectivity index (χ2n) is 14.2. The number of thiophene rings is 1. The summed E-state index contributed by atoms with van der Waals surface area (Å²) in [7, 11) is 0. The van der Waals surface area contributed by atoms with Gasteiger partial charge in [0.2, 0.25) is 0 Å². The van der Waals surface area contributed by atoms with Gasteiger partial charge in [0.25, 0.3) is 0 Å². The standard InChI is InChI=1S/C50H33NOS/c1-50(42-19-9-5-15-37(42)38-16-6-10-20-43(38)50)44-30-29-36(48-41-18-7-11-21-45(41)52-49(44)48)32-23-25-34(26-24-32)51(33-13-3-2-4-14-33)35-27-28-40-39-17-8-12-22-46(39)53-47(40)31-35/h2-31H,1H3. The minimum Gasteiger partial charge on any atom is -0.456 e. The monoisotopic (exact) mass is 695 g/mol. The van der Waals surface area contributed by atoms with Gasteiger partial charge in [0, 0.05) is 59.0 Å². The van der Waals surface area contributed by atoms with Crippen LogP contribution in [0, 0.1) is 0 Å². The van der Waals surface area contributed by atoms with Gasteiger partial charge >= 0.3 is 0 Å².